The number of benzene rings is 3. The van der Waals surface area contributed by atoms with Gasteiger partial charge in [-0.15, -0.1) is 0 Å². The second-order valence-corrected chi connectivity index (χ2v) is 8.04. The van der Waals surface area contributed by atoms with Crippen molar-refractivity contribution >= 4 is 35.5 Å². The van der Waals surface area contributed by atoms with Gasteiger partial charge in [-0.1, -0.05) is 71.8 Å². The molecular formula is C26H25ClN4O4. The van der Waals surface area contributed by atoms with E-state index in [1.165, 1.54) is 6.21 Å². The molecule has 0 radical (unpaired) electrons. The number of halogens is 1. The van der Waals surface area contributed by atoms with Crippen LogP contribution in [0.3, 0.4) is 0 Å². The Balaban J connectivity index is 1.49. The zero-order valence-electron chi connectivity index (χ0n) is 19.1. The Labute approximate surface area is 208 Å². The molecule has 0 bridgehead atoms. The summed E-state index contributed by atoms with van der Waals surface area (Å²) >= 11 is 6.05. The molecule has 0 aromatic heterocycles. The van der Waals surface area contributed by atoms with Crippen LogP contribution in [0.15, 0.2) is 77.9 Å². The number of hydrogen-bond donors (Lipinski definition) is 3. The van der Waals surface area contributed by atoms with Gasteiger partial charge in [-0.2, -0.15) is 5.10 Å². The third-order valence-electron chi connectivity index (χ3n) is 4.81. The van der Waals surface area contributed by atoms with Crippen molar-refractivity contribution in [2.24, 2.45) is 5.10 Å². The van der Waals surface area contributed by atoms with Gasteiger partial charge in [-0.3, -0.25) is 14.4 Å². The molecule has 0 aliphatic rings. The lowest BCUT2D eigenvalue weighted by Crippen LogP contribution is -2.37. The minimum absolute atomic E-state index is 0.217. The first kappa shape index (κ1) is 25.5. The van der Waals surface area contributed by atoms with E-state index in [-0.39, 0.29) is 19.1 Å². The Morgan fingerprint density at radius 1 is 0.886 bits per heavy atom. The van der Waals surface area contributed by atoms with Crippen molar-refractivity contribution in [1.29, 1.82) is 0 Å². The molecule has 3 amide bonds. The van der Waals surface area contributed by atoms with Crippen LogP contribution in [0.4, 0.5) is 0 Å². The summed E-state index contributed by atoms with van der Waals surface area (Å²) in [5.41, 5.74) is 5.53. The predicted octanol–water partition coefficient (Wildman–Crippen LogP) is 3.11. The minimum atomic E-state index is -0.918. The lowest BCUT2D eigenvalue weighted by atomic mass is 10.1. The van der Waals surface area contributed by atoms with Crippen LogP contribution < -0.4 is 20.8 Å². The third kappa shape index (κ3) is 8.60. The van der Waals surface area contributed by atoms with E-state index >= 15 is 0 Å². The van der Waals surface area contributed by atoms with Gasteiger partial charge >= 0.3 is 11.8 Å². The second kappa shape index (κ2) is 12.9. The summed E-state index contributed by atoms with van der Waals surface area (Å²) in [6, 6.07) is 21.8. The lowest BCUT2D eigenvalue weighted by molar-refractivity contribution is -0.139. The van der Waals surface area contributed by atoms with E-state index in [4.69, 9.17) is 16.3 Å². The Morgan fingerprint density at radius 3 is 2.31 bits per heavy atom. The Kier molecular flexibility index (Phi) is 9.39. The van der Waals surface area contributed by atoms with Gasteiger partial charge in [0.15, 0.2) is 6.61 Å². The molecule has 0 saturated carbocycles. The van der Waals surface area contributed by atoms with Gasteiger partial charge in [0.1, 0.15) is 5.75 Å². The molecule has 180 valence electrons. The molecule has 0 unspecified atom stereocenters. The highest BCUT2D eigenvalue weighted by atomic mass is 35.5. The summed E-state index contributed by atoms with van der Waals surface area (Å²) in [6.45, 7) is 2.35. The fraction of sp³-hybridized carbons (Fsp3) is 0.154. The monoisotopic (exact) mass is 492 g/mol. The summed E-state index contributed by atoms with van der Waals surface area (Å²) in [5, 5.41) is 9.52. The summed E-state index contributed by atoms with van der Waals surface area (Å²) < 4.78 is 5.59. The van der Waals surface area contributed by atoms with Gasteiger partial charge in [-0.25, -0.2) is 5.43 Å². The van der Waals surface area contributed by atoms with Crippen molar-refractivity contribution in [2.75, 3.05) is 6.61 Å². The van der Waals surface area contributed by atoms with E-state index in [0.717, 1.165) is 16.7 Å². The van der Waals surface area contributed by atoms with Crippen LogP contribution in [-0.2, 0) is 27.5 Å². The molecule has 0 aliphatic carbocycles. The molecule has 3 aromatic rings. The molecule has 0 heterocycles. The Morgan fingerprint density at radius 2 is 1.57 bits per heavy atom. The van der Waals surface area contributed by atoms with Crippen LogP contribution in [-0.4, -0.2) is 30.5 Å². The van der Waals surface area contributed by atoms with E-state index in [1.54, 1.807) is 18.2 Å². The van der Waals surface area contributed by atoms with Crippen molar-refractivity contribution in [3.8, 4) is 5.75 Å². The largest absolute Gasteiger partial charge is 0.483 e. The fourth-order valence-corrected chi connectivity index (χ4v) is 3.10. The first-order valence-electron chi connectivity index (χ1n) is 10.8. The molecule has 8 nitrogen and oxygen atoms in total. The van der Waals surface area contributed by atoms with Gasteiger partial charge < -0.3 is 15.4 Å². The zero-order valence-corrected chi connectivity index (χ0v) is 19.8. The number of nitrogens with one attached hydrogen (secondary N) is 3. The number of hydrogen-bond acceptors (Lipinski definition) is 5. The quantitative estimate of drug-likeness (QED) is 0.242. The molecule has 3 rings (SSSR count). The predicted molar refractivity (Wildman–Crippen MR) is 134 cm³/mol. The molecule has 0 fully saturated rings. The van der Waals surface area contributed by atoms with E-state index < -0.39 is 11.8 Å². The number of amides is 3. The van der Waals surface area contributed by atoms with Gasteiger partial charge in [0.05, 0.1) is 6.21 Å². The number of carbonyl (C=O) groups excluding carboxylic acids is 3. The van der Waals surface area contributed by atoms with Crippen LogP contribution in [0.1, 0.15) is 22.3 Å². The molecule has 3 aromatic carbocycles. The van der Waals surface area contributed by atoms with E-state index in [0.29, 0.717) is 22.9 Å². The molecule has 0 spiro atoms. The van der Waals surface area contributed by atoms with Gasteiger partial charge in [0, 0.05) is 23.7 Å². The summed E-state index contributed by atoms with van der Waals surface area (Å²) in [6.07, 6.45) is 1.29. The van der Waals surface area contributed by atoms with Gasteiger partial charge in [0.2, 0.25) is 0 Å². The second-order valence-electron chi connectivity index (χ2n) is 7.60. The zero-order chi connectivity index (χ0) is 25.0. The van der Waals surface area contributed by atoms with Crippen molar-refractivity contribution < 1.29 is 19.1 Å². The minimum Gasteiger partial charge on any atom is -0.483 e. The molecular weight excluding hydrogens is 468 g/mol. The first-order chi connectivity index (χ1) is 16.9. The average molecular weight is 493 g/mol. The molecule has 9 heteroatoms. The van der Waals surface area contributed by atoms with Crippen molar-refractivity contribution in [3.05, 3.63) is 100 Å². The highest BCUT2D eigenvalue weighted by Gasteiger charge is 2.12. The standard InChI is InChI=1S/C26H25ClN4O4/c1-18-7-9-20(10-8-18)15-29-25(33)26(34)31-30-16-21-13-22(27)11-12-23(21)35-17-24(32)28-14-19-5-3-2-4-6-19/h2-13,16H,14-15,17H2,1H3,(H,28,32)(H,29,33)(H,31,34)/b30-16-. The lowest BCUT2D eigenvalue weighted by Gasteiger charge is -2.10. The molecule has 0 aliphatic heterocycles. The number of nitrogens with zero attached hydrogens (tertiary/aromatic N) is 1. The van der Waals surface area contributed by atoms with Crippen molar-refractivity contribution in [3.63, 3.8) is 0 Å². The third-order valence-corrected chi connectivity index (χ3v) is 5.05. The molecule has 35 heavy (non-hydrogen) atoms. The maximum atomic E-state index is 12.1. The average Bonchev–Trinajstić information content (AvgIpc) is 2.87. The summed E-state index contributed by atoms with van der Waals surface area (Å²) in [7, 11) is 0. The highest BCUT2D eigenvalue weighted by molar-refractivity contribution is 6.35. The molecule has 3 N–H and O–H groups in total. The highest BCUT2D eigenvalue weighted by Crippen LogP contribution is 2.21. The fourth-order valence-electron chi connectivity index (χ4n) is 2.92. The van der Waals surface area contributed by atoms with E-state index in [1.807, 2.05) is 61.5 Å². The number of aryl methyl sites for hydroxylation is 1. The number of ether oxygens (including phenoxy) is 1. The van der Waals surface area contributed by atoms with Crippen LogP contribution >= 0.6 is 11.6 Å². The van der Waals surface area contributed by atoms with Gasteiger partial charge in [-0.05, 0) is 36.2 Å². The molecule has 0 saturated heterocycles. The number of carbonyl (C=O) groups is 3. The van der Waals surface area contributed by atoms with Gasteiger partial charge in [0.25, 0.3) is 5.91 Å². The Bertz CT molecular complexity index is 1200. The summed E-state index contributed by atoms with van der Waals surface area (Å²) in [5.74, 6) is -1.70. The van der Waals surface area contributed by atoms with Crippen LogP contribution in [0.5, 0.6) is 5.75 Å². The van der Waals surface area contributed by atoms with Crippen molar-refractivity contribution in [2.45, 2.75) is 20.0 Å². The first-order valence-corrected chi connectivity index (χ1v) is 11.2. The number of hydrazone groups is 1. The van der Waals surface area contributed by atoms with E-state index in [9.17, 15) is 14.4 Å². The van der Waals surface area contributed by atoms with Crippen LogP contribution in [0.25, 0.3) is 0 Å². The number of rotatable bonds is 9. The Hall–Kier alpha value is -4.17. The SMILES string of the molecule is Cc1ccc(CNC(=O)C(=O)N/N=C\c2cc(Cl)ccc2OCC(=O)NCc2ccccc2)cc1. The van der Waals surface area contributed by atoms with Crippen molar-refractivity contribution in [1.82, 2.24) is 16.1 Å². The maximum absolute atomic E-state index is 12.1. The molecule has 0 atom stereocenters. The topological polar surface area (TPSA) is 109 Å². The van der Waals surface area contributed by atoms with Crippen LogP contribution in [0, 0.1) is 6.92 Å². The van der Waals surface area contributed by atoms with E-state index in [2.05, 4.69) is 21.2 Å². The maximum Gasteiger partial charge on any atom is 0.329 e. The van der Waals surface area contributed by atoms with Crippen LogP contribution in [0.2, 0.25) is 5.02 Å². The smallest absolute Gasteiger partial charge is 0.329 e. The summed E-state index contributed by atoms with van der Waals surface area (Å²) in [4.78, 5) is 36.1. The normalized spacial score (nSPS) is 10.6.